The molecule has 0 spiro atoms. The zero-order valence-electron chi connectivity index (χ0n) is 20.0. The molecular weight excluding hydrogens is 620 g/mol. The van der Waals surface area contributed by atoms with Crippen LogP contribution >= 0.6 is 20.2 Å². The Morgan fingerprint density at radius 3 is 1.76 bits per heavy atom. The Balaban J connectivity index is 0.000000286. The molecule has 0 aliphatic carbocycles. The summed E-state index contributed by atoms with van der Waals surface area (Å²) >= 11 is -1.52. The summed E-state index contributed by atoms with van der Waals surface area (Å²) in [4.78, 5) is 38.2. The molecule has 0 unspecified atom stereocenters. The molecular formula is C26H28F3IN2O6. The van der Waals surface area contributed by atoms with Crippen LogP contribution in [0.5, 0.6) is 0 Å². The average Bonchev–Trinajstić information content (AvgIpc) is 3.16. The van der Waals surface area contributed by atoms with Crippen molar-refractivity contribution in [1.29, 1.82) is 0 Å². The molecule has 0 saturated carbocycles. The summed E-state index contributed by atoms with van der Waals surface area (Å²) < 4.78 is 42.1. The van der Waals surface area contributed by atoms with Gasteiger partial charge in [0.05, 0.1) is 11.4 Å². The maximum absolute atomic E-state index is 11.9. The summed E-state index contributed by atoms with van der Waals surface area (Å²) in [6.07, 6.45) is -4.89. The maximum atomic E-state index is 11.9. The molecule has 0 radical (unpaired) electrons. The molecule has 3 aromatic rings. The van der Waals surface area contributed by atoms with Gasteiger partial charge >= 0.3 is 78.8 Å². The molecule has 8 nitrogen and oxygen atoms in total. The molecule has 1 aliphatic heterocycles. The number of hydrogen-bond donors (Lipinski definition) is 1. The number of nitrogens with zero attached hydrogens (tertiary/aromatic N) is 2. The molecule has 0 saturated heterocycles. The summed E-state index contributed by atoms with van der Waals surface area (Å²) in [6, 6.07) is 23.6. The predicted molar refractivity (Wildman–Crippen MR) is 145 cm³/mol. The summed E-state index contributed by atoms with van der Waals surface area (Å²) in [5, 5.41) is 9.89. The Morgan fingerprint density at radius 2 is 1.32 bits per heavy atom. The Morgan fingerprint density at radius 1 is 0.842 bits per heavy atom. The van der Waals surface area contributed by atoms with Gasteiger partial charge in [-0.1, -0.05) is 43.8 Å². The van der Waals surface area contributed by atoms with Crippen LogP contribution in [0.3, 0.4) is 0 Å². The van der Waals surface area contributed by atoms with E-state index >= 15 is 0 Å². The standard InChI is InChI=1S/C9H8F3NO2.C8H7IO2.C8H9NO2.CH4/c1-7(14)13(15-9(10,11)12)8-5-3-2-4-6-8;1-9-7-5-3-2-4-6(7)8(10)11-9;1-7(10)9(11)8-5-3-2-4-6-8;/h2-6H,1H3;2-5H,1H3;2-6,11H,1H3;1H4. The third-order valence-electron chi connectivity index (χ3n) is 4.34. The van der Waals surface area contributed by atoms with E-state index in [1.54, 1.807) is 30.3 Å². The molecule has 3 aromatic carbocycles. The van der Waals surface area contributed by atoms with Crippen molar-refractivity contribution in [1.82, 2.24) is 0 Å². The van der Waals surface area contributed by atoms with E-state index in [1.807, 2.05) is 35.3 Å². The first kappa shape index (κ1) is 32.5. The van der Waals surface area contributed by atoms with E-state index in [0.717, 1.165) is 16.1 Å². The number of benzene rings is 3. The normalized spacial score (nSPS) is 12.3. The van der Waals surface area contributed by atoms with E-state index in [4.69, 9.17) is 8.27 Å². The van der Waals surface area contributed by atoms with Crippen LogP contribution in [0.15, 0.2) is 84.9 Å². The summed E-state index contributed by atoms with van der Waals surface area (Å²) in [5.41, 5.74) is 1.29. The van der Waals surface area contributed by atoms with Gasteiger partial charge in [-0.05, 0) is 24.3 Å². The van der Waals surface area contributed by atoms with Crippen molar-refractivity contribution in [2.24, 2.45) is 0 Å². The first-order valence-corrected chi connectivity index (χ1v) is 14.6. The Hall–Kier alpha value is -3.49. The molecule has 38 heavy (non-hydrogen) atoms. The quantitative estimate of drug-likeness (QED) is 0.148. The van der Waals surface area contributed by atoms with Gasteiger partial charge in [0.2, 0.25) is 11.8 Å². The van der Waals surface area contributed by atoms with Crippen LogP contribution < -0.4 is 10.1 Å². The van der Waals surface area contributed by atoms with E-state index in [-0.39, 0.29) is 24.1 Å². The topological polar surface area (TPSA) is 96.4 Å². The molecule has 12 heteroatoms. The number of carbonyl (C=O) groups is 3. The van der Waals surface area contributed by atoms with E-state index in [9.17, 15) is 27.6 Å². The van der Waals surface area contributed by atoms with Crippen LogP contribution in [-0.2, 0) is 17.5 Å². The third kappa shape index (κ3) is 10.1. The Labute approximate surface area is 226 Å². The van der Waals surface area contributed by atoms with Crippen molar-refractivity contribution in [3.8, 4) is 0 Å². The van der Waals surface area contributed by atoms with Gasteiger partial charge in [-0.25, -0.2) is 0 Å². The minimum absolute atomic E-state index is 0. The van der Waals surface area contributed by atoms with Gasteiger partial charge in [0.15, 0.2) is 0 Å². The Kier molecular flexibility index (Phi) is 12.9. The number of carbonyl (C=O) groups excluding carboxylic acids is 3. The van der Waals surface area contributed by atoms with Crippen molar-refractivity contribution in [2.45, 2.75) is 27.6 Å². The second kappa shape index (κ2) is 15.1. The van der Waals surface area contributed by atoms with Gasteiger partial charge in [0, 0.05) is 13.8 Å². The monoisotopic (exact) mass is 648 g/mol. The van der Waals surface area contributed by atoms with Crippen molar-refractivity contribution in [3.05, 3.63) is 94.1 Å². The van der Waals surface area contributed by atoms with Gasteiger partial charge in [-0.15, -0.1) is 13.2 Å². The fourth-order valence-corrected chi connectivity index (χ4v) is 5.77. The fraction of sp³-hybridized carbons (Fsp3) is 0.192. The molecule has 206 valence electrons. The van der Waals surface area contributed by atoms with Crippen molar-refractivity contribution in [3.63, 3.8) is 0 Å². The number of alkyl halides is 4. The SMILES string of the molecule is C.CC(=O)N(O)c1ccccc1.CC(=O)N(OC(F)(F)F)c1ccccc1.CI1OC(=O)c2ccccc21. The molecule has 1 aliphatic rings. The van der Waals surface area contributed by atoms with Gasteiger partial charge in [0.25, 0.3) is 0 Å². The minimum atomic E-state index is -4.89. The zero-order valence-corrected chi connectivity index (χ0v) is 22.1. The average molecular weight is 648 g/mol. The van der Waals surface area contributed by atoms with Crippen molar-refractivity contribution >= 4 is 49.4 Å². The molecule has 0 aromatic heterocycles. The number of hydrogen-bond acceptors (Lipinski definition) is 6. The number of hydroxylamine groups is 2. The van der Waals surface area contributed by atoms with E-state index in [2.05, 4.69) is 4.84 Å². The summed E-state index contributed by atoms with van der Waals surface area (Å²) in [5.74, 6) is -1.37. The van der Waals surface area contributed by atoms with Gasteiger partial charge < -0.3 is 0 Å². The second-order valence-corrected chi connectivity index (χ2v) is 11.1. The molecule has 2 amide bonds. The molecule has 0 atom stereocenters. The van der Waals surface area contributed by atoms with Crippen LogP contribution in [0.4, 0.5) is 24.5 Å². The molecule has 1 N–H and O–H groups in total. The van der Waals surface area contributed by atoms with Crippen LogP contribution in [0.25, 0.3) is 0 Å². The molecule has 1 heterocycles. The van der Waals surface area contributed by atoms with Gasteiger partial charge in [0.1, 0.15) is 0 Å². The number of amides is 2. The number of halogens is 4. The number of rotatable bonds is 3. The molecule has 4 rings (SSSR count). The fourth-order valence-electron chi connectivity index (χ4n) is 2.76. The van der Waals surface area contributed by atoms with Crippen LogP contribution in [0.1, 0.15) is 31.6 Å². The number of para-hydroxylation sites is 2. The van der Waals surface area contributed by atoms with E-state index in [0.29, 0.717) is 10.8 Å². The first-order valence-electron chi connectivity index (χ1n) is 10.5. The first-order chi connectivity index (χ1) is 17.4. The van der Waals surface area contributed by atoms with E-state index < -0.39 is 38.4 Å². The van der Waals surface area contributed by atoms with Crippen LogP contribution in [0, 0.1) is 3.57 Å². The van der Waals surface area contributed by atoms with Crippen LogP contribution in [-0.4, -0.2) is 34.3 Å². The van der Waals surface area contributed by atoms with Crippen LogP contribution in [0.2, 0.25) is 0 Å². The van der Waals surface area contributed by atoms with Crippen molar-refractivity contribution in [2.75, 3.05) is 15.1 Å². The zero-order chi connectivity index (χ0) is 27.6. The summed E-state index contributed by atoms with van der Waals surface area (Å²) in [6.45, 7) is 2.28. The molecule has 0 fully saturated rings. The molecule has 0 bridgehead atoms. The third-order valence-corrected chi connectivity index (χ3v) is 7.97. The summed E-state index contributed by atoms with van der Waals surface area (Å²) in [7, 11) is 0. The number of fused-ring (bicyclic) bond motifs is 1. The van der Waals surface area contributed by atoms with Gasteiger partial charge in [-0.2, -0.15) is 15.0 Å². The predicted octanol–water partition coefficient (Wildman–Crippen LogP) is 6.63. The van der Waals surface area contributed by atoms with E-state index in [1.165, 1.54) is 31.2 Å². The van der Waals surface area contributed by atoms with Gasteiger partial charge in [-0.3, -0.25) is 14.8 Å². The number of anilines is 2. The Bertz CT molecular complexity index is 1200. The van der Waals surface area contributed by atoms with Crippen molar-refractivity contribution < 1.29 is 40.7 Å². The second-order valence-electron chi connectivity index (χ2n) is 7.12.